The Hall–Kier alpha value is -6.90. The Morgan fingerprint density at radius 1 is 0.307 bits per heavy atom. The largest absolute Gasteiger partial charge is 0.290 e. The van der Waals surface area contributed by atoms with Crippen LogP contribution in [0.3, 0.4) is 0 Å². The molecule has 0 bridgehead atoms. The van der Waals surface area contributed by atoms with Gasteiger partial charge in [-0.05, 0) is 48.5 Å². The second-order valence-electron chi connectivity index (χ2n) is 15.8. The van der Waals surface area contributed by atoms with Crippen molar-refractivity contribution < 1.29 is 92.6 Å². The van der Waals surface area contributed by atoms with Gasteiger partial charge in [0, 0.05) is 0 Å². The summed E-state index contributed by atoms with van der Waals surface area (Å²) in [4.78, 5) is 13.7. The van der Waals surface area contributed by atoms with Gasteiger partial charge in [0.15, 0.2) is 69.8 Å². The first-order valence-corrected chi connectivity index (χ1v) is 23.3. The first kappa shape index (κ1) is 55.8. The summed E-state index contributed by atoms with van der Waals surface area (Å²) in [7, 11) is -2.28. The molecule has 0 amide bonds. The van der Waals surface area contributed by atoms with Crippen molar-refractivity contribution in [1.82, 2.24) is 0 Å². The van der Waals surface area contributed by atoms with Crippen LogP contribution in [0.5, 0.6) is 0 Å². The molecule has 0 aliphatic carbocycles. The zero-order valence-electron chi connectivity index (χ0n) is 36.3. The normalized spacial score (nSPS) is 11.7. The summed E-state index contributed by atoms with van der Waals surface area (Å²) in [6.07, 6.45) is -6.90. The van der Waals surface area contributed by atoms with Gasteiger partial charge in [-0.2, -0.15) is 0 Å². The van der Waals surface area contributed by atoms with Crippen LogP contribution >= 0.6 is 30.5 Å². The van der Waals surface area contributed by atoms with E-state index in [4.69, 9.17) is 23.2 Å². The summed E-state index contributed by atoms with van der Waals surface area (Å²) in [6.45, 7) is 0. The molecule has 0 N–H and O–H groups in total. The lowest BCUT2D eigenvalue weighted by atomic mass is 9.12. The zero-order chi connectivity index (χ0) is 55.3. The van der Waals surface area contributed by atoms with Crippen molar-refractivity contribution in [1.29, 1.82) is 0 Å². The molecule has 0 aromatic heterocycles. The number of hydrogen-bond acceptors (Lipinski definition) is 1. The van der Waals surface area contributed by atoms with Gasteiger partial charge in [-0.1, -0.05) is 83.9 Å². The molecule has 0 heterocycles. The van der Waals surface area contributed by atoms with Gasteiger partial charge in [-0.15, -0.1) is 21.9 Å². The monoisotopic (exact) mass is 1130 g/mol. The highest BCUT2D eigenvalue weighted by Gasteiger charge is 2.53. The second kappa shape index (κ2) is 21.4. The minimum absolute atomic E-state index is 0.0458. The molecule has 388 valence electrons. The lowest BCUT2D eigenvalue weighted by molar-refractivity contribution is 0.102. The molecule has 0 fully saturated rings. The van der Waals surface area contributed by atoms with Gasteiger partial charge in [-0.3, -0.25) is 4.79 Å². The van der Waals surface area contributed by atoms with Crippen molar-refractivity contribution in [2.75, 3.05) is 6.16 Å². The van der Waals surface area contributed by atoms with Crippen LogP contribution in [0.15, 0.2) is 109 Å². The van der Waals surface area contributed by atoms with Gasteiger partial charge in [0.25, 0.3) is 0 Å². The topological polar surface area (TPSA) is 17.1 Å². The number of carbonyl (C=O) groups excluding carboxylic acids is 1. The van der Waals surface area contributed by atoms with Gasteiger partial charge in [-0.25, -0.2) is 87.8 Å². The molecule has 1 nitrogen and oxygen atoms in total. The van der Waals surface area contributed by atoms with Gasteiger partial charge in [0.05, 0.1) is 15.6 Å². The van der Waals surface area contributed by atoms with E-state index in [0.717, 1.165) is 15.9 Å². The smallest absolute Gasteiger partial charge is 0.204 e. The van der Waals surface area contributed by atoms with Crippen LogP contribution in [-0.4, -0.2) is 18.1 Å². The Balaban J connectivity index is 0.000000236. The van der Waals surface area contributed by atoms with Crippen LogP contribution in [-0.2, 0) is 0 Å². The molecule has 0 spiro atoms. The Labute approximate surface area is 418 Å². The van der Waals surface area contributed by atoms with Crippen LogP contribution in [0, 0.1) is 116 Å². The molecule has 0 saturated heterocycles. The second-order valence-corrected chi connectivity index (χ2v) is 20.1. The van der Waals surface area contributed by atoms with Crippen molar-refractivity contribution in [3.8, 4) is 0 Å². The van der Waals surface area contributed by atoms with Crippen LogP contribution in [0.4, 0.5) is 87.8 Å². The average molecular weight is 1130 g/mol. The summed E-state index contributed by atoms with van der Waals surface area (Å²) < 4.78 is 294. The fourth-order valence-corrected chi connectivity index (χ4v) is 13.4. The van der Waals surface area contributed by atoms with Crippen LogP contribution in [0.25, 0.3) is 0 Å². The SMILES string of the molecule is Fc1c(F)c(F)c([B-](c2c(F)c(F)c(F)c(F)c2F)(c2c(F)c(F)c(F)c(F)c2F)c2c(F)c(F)c(F)c(F)c2F)c(F)c1F.O=C(C[P+](c1ccccc1)(c1ccccc1)c1ccccc1)c1c(Cl)cccc1Cl. The third-order valence-electron chi connectivity index (χ3n) is 11.9. The lowest BCUT2D eigenvalue weighted by Crippen LogP contribution is -2.81. The van der Waals surface area contributed by atoms with E-state index < -0.39 is 152 Å². The Bertz CT molecular complexity index is 3080. The van der Waals surface area contributed by atoms with Crippen molar-refractivity contribution in [3.05, 3.63) is 241 Å². The molecular formula is C50H20BCl2F20OP. The van der Waals surface area contributed by atoms with E-state index >= 15 is 35.1 Å². The van der Waals surface area contributed by atoms with Gasteiger partial charge in [0.2, 0.25) is 5.78 Å². The van der Waals surface area contributed by atoms with E-state index in [1.807, 2.05) is 54.6 Å². The molecular weight excluding hydrogens is 1110 g/mol. The Kier molecular flexibility index (Phi) is 15.9. The van der Waals surface area contributed by atoms with E-state index in [1.165, 1.54) is 0 Å². The quantitative estimate of drug-likeness (QED) is 0.0333. The minimum atomic E-state index is -7.22. The fourth-order valence-electron chi connectivity index (χ4n) is 8.70. The first-order chi connectivity index (χ1) is 35.3. The molecule has 8 rings (SSSR count). The number of Topliss-reactive ketones (excluding diaryl/α,β-unsaturated/α-hetero) is 1. The summed E-state index contributed by atoms with van der Waals surface area (Å²) in [5, 5.41) is 4.23. The summed E-state index contributed by atoms with van der Waals surface area (Å²) >= 11 is 12.8. The summed E-state index contributed by atoms with van der Waals surface area (Å²) in [6, 6.07) is 36.1. The summed E-state index contributed by atoms with van der Waals surface area (Å²) in [5.74, 6) is -71.5. The number of rotatable bonds is 10. The molecule has 0 radical (unpaired) electrons. The average Bonchev–Trinajstić information content (AvgIpc) is 3.41. The van der Waals surface area contributed by atoms with Crippen molar-refractivity contribution in [2.45, 2.75) is 0 Å². The third kappa shape index (κ3) is 8.97. The lowest BCUT2D eigenvalue weighted by Gasteiger charge is -2.44. The number of halogens is 22. The summed E-state index contributed by atoms with van der Waals surface area (Å²) in [5.41, 5.74) is -13.9. The third-order valence-corrected chi connectivity index (χ3v) is 16.9. The Morgan fingerprint density at radius 2 is 0.507 bits per heavy atom. The number of carbonyl (C=O) groups is 1. The Morgan fingerprint density at radius 3 is 0.720 bits per heavy atom. The highest BCUT2D eigenvalue weighted by atomic mass is 35.5. The highest BCUT2D eigenvalue weighted by Crippen LogP contribution is 2.56. The predicted octanol–water partition coefficient (Wildman–Crippen LogP) is 12.0. The van der Waals surface area contributed by atoms with E-state index in [1.54, 1.807) is 18.2 Å². The maximum absolute atomic E-state index is 15.4. The maximum Gasteiger partial charge on any atom is 0.204 e. The molecule has 75 heavy (non-hydrogen) atoms. The van der Waals surface area contributed by atoms with Crippen LogP contribution in [0.1, 0.15) is 10.4 Å². The molecule has 0 aliphatic heterocycles. The first-order valence-electron chi connectivity index (χ1n) is 20.6. The molecule has 0 atom stereocenters. The van der Waals surface area contributed by atoms with Gasteiger partial charge >= 0.3 is 0 Å². The molecule has 0 aliphatic rings. The molecule has 25 heteroatoms. The zero-order valence-corrected chi connectivity index (χ0v) is 38.8. The van der Waals surface area contributed by atoms with E-state index in [-0.39, 0.29) is 5.78 Å². The minimum Gasteiger partial charge on any atom is -0.290 e. The van der Waals surface area contributed by atoms with Gasteiger partial charge in [0.1, 0.15) is 82.0 Å². The van der Waals surface area contributed by atoms with E-state index in [2.05, 4.69) is 36.4 Å². The standard InChI is InChI=1S/C26H20Cl2OP.C24BF20/c27-23-17-10-18-24(28)26(23)25(29)19-30(20-11-4-1-5-12-20,21-13-6-2-7-14-21)22-15-8-3-9-16-22;26-5-1(6(27)14(35)21(42)13(5)34)25(2-7(28)15(36)22(43)16(37)8(2)29,3-9(30)17(38)23(44)18(39)10(3)31)4-11(32)19(40)24(45)20(41)12(4)33/h1-18H,19H2;/q+1;-1. The van der Waals surface area contributed by atoms with Crippen LogP contribution < -0.4 is 37.8 Å². The number of hydrogen-bond donors (Lipinski definition) is 0. The molecule has 0 unspecified atom stereocenters. The molecule has 8 aromatic carbocycles. The predicted molar refractivity (Wildman–Crippen MR) is 240 cm³/mol. The van der Waals surface area contributed by atoms with Crippen molar-refractivity contribution in [3.63, 3.8) is 0 Å². The number of ketones is 1. The van der Waals surface area contributed by atoms with E-state index in [9.17, 15) is 57.5 Å². The van der Waals surface area contributed by atoms with Crippen LogP contribution in [0.2, 0.25) is 10.0 Å². The fraction of sp³-hybridized carbons (Fsp3) is 0.0200. The van der Waals surface area contributed by atoms with E-state index in [0.29, 0.717) is 21.8 Å². The molecule has 0 saturated carbocycles. The van der Waals surface area contributed by atoms with Gasteiger partial charge < -0.3 is 0 Å². The molecule has 8 aromatic rings. The van der Waals surface area contributed by atoms with Crippen molar-refractivity contribution >= 4 is 80.2 Å². The highest BCUT2D eigenvalue weighted by molar-refractivity contribution is 7.96. The number of benzene rings is 8. The van der Waals surface area contributed by atoms with Crippen molar-refractivity contribution in [2.24, 2.45) is 0 Å². The maximum atomic E-state index is 15.4.